The summed E-state index contributed by atoms with van der Waals surface area (Å²) >= 11 is -0.877. The summed E-state index contributed by atoms with van der Waals surface area (Å²) in [5.41, 5.74) is 1.58. The minimum absolute atomic E-state index is 0.120. The first-order valence-electron chi connectivity index (χ1n) is 9.84. The van der Waals surface area contributed by atoms with Crippen LogP contribution in [0.5, 0.6) is 11.6 Å². The van der Waals surface area contributed by atoms with Gasteiger partial charge in [-0.05, 0) is 48.5 Å². The Morgan fingerprint density at radius 1 is 0.971 bits per heavy atom. The average Bonchev–Trinajstić information content (AvgIpc) is 3.04. The molecule has 0 spiro atoms. The van der Waals surface area contributed by atoms with Crippen molar-refractivity contribution < 1.29 is 40.3 Å². The molecule has 0 N–H and O–H groups in total. The number of para-hydroxylation sites is 1. The van der Waals surface area contributed by atoms with Crippen molar-refractivity contribution >= 4 is 18.0 Å². The van der Waals surface area contributed by atoms with Crippen LogP contribution < -0.4 is 4.74 Å². The molecule has 0 atom stereocenters. The first-order valence-corrected chi connectivity index (χ1v) is 10.7. The molecular formula is C22H18F7N3O2S. The number of aryl methyl sites for hydroxylation is 2. The normalized spacial score (nSPS) is 12.8. The van der Waals surface area contributed by atoms with E-state index in [9.17, 15) is 30.7 Å². The molecule has 0 saturated heterocycles. The van der Waals surface area contributed by atoms with E-state index >= 15 is 0 Å². The first kappa shape index (κ1) is 26.4. The van der Waals surface area contributed by atoms with Crippen LogP contribution in [0.2, 0.25) is 0 Å². The summed E-state index contributed by atoms with van der Waals surface area (Å²) in [6.07, 6.45) is -5.00. The number of hydrogen-bond donors (Lipinski definition) is 0. The van der Waals surface area contributed by atoms with Crippen LogP contribution >= 0.6 is 11.8 Å². The fraction of sp³-hybridized carbons (Fsp3) is 0.273. The van der Waals surface area contributed by atoms with Gasteiger partial charge in [0, 0.05) is 11.9 Å². The van der Waals surface area contributed by atoms with Crippen LogP contribution in [0.15, 0.2) is 64.6 Å². The summed E-state index contributed by atoms with van der Waals surface area (Å²) < 4.78 is 97.3. The van der Waals surface area contributed by atoms with E-state index in [4.69, 9.17) is 9.57 Å². The molecule has 0 aliphatic heterocycles. The Morgan fingerprint density at radius 2 is 1.60 bits per heavy atom. The highest BCUT2D eigenvalue weighted by molar-refractivity contribution is 8.00. The van der Waals surface area contributed by atoms with Gasteiger partial charge in [0.15, 0.2) is 0 Å². The third kappa shape index (κ3) is 6.08. The fourth-order valence-corrected chi connectivity index (χ4v) is 3.57. The molecule has 35 heavy (non-hydrogen) atoms. The highest BCUT2D eigenvalue weighted by atomic mass is 32.2. The number of halogens is 7. The zero-order chi connectivity index (χ0) is 25.9. The van der Waals surface area contributed by atoms with Crippen molar-refractivity contribution in [3.05, 3.63) is 71.4 Å². The van der Waals surface area contributed by atoms with Crippen LogP contribution in [0.4, 0.5) is 30.7 Å². The third-order valence-electron chi connectivity index (χ3n) is 4.55. The monoisotopic (exact) mass is 521 g/mol. The first-order chi connectivity index (χ1) is 16.3. The highest BCUT2D eigenvalue weighted by Crippen LogP contribution is 2.53. The quantitative estimate of drug-likeness (QED) is 0.132. The Hall–Kier alpha value is -3.22. The highest BCUT2D eigenvalue weighted by Gasteiger charge is 2.73. The molecule has 188 valence electrons. The zero-order valence-corrected chi connectivity index (χ0v) is 19.0. The summed E-state index contributed by atoms with van der Waals surface area (Å²) in [6.45, 7) is 1.62. The second kappa shape index (κ2) is 10.2. The summed E-state index contributed by atoms with van der Waals surface area (Å²) in [5.74, 6) is -5.18. The van der Waals surface area contributed by atoms with E-state index in [-0.39, 0.29) is 6.61 Å². The molecule has 0 fully saturated rings. The van der Waals surface area contributed by atoms with E-state index < -0.39 is 34.0 Å². The Bertz CT molecular complexity index is 1160. The molecule has 0 radical (unpaired) electrons. The van der Waals surface area contributed by atoms with Crippen LogP contribution in [0.25, 0.3) is 0 Å². The van der Waals surface area contributed by atoms with Crippen LogP contribution in [0, 0.1) is 6.92 Å². The molecule has 1 heterocycles. The molecular weight excluding hydrogens is 503 g/mol. The second-order valence-corrected chi connectivity index (χ2v) is 8.37. The summed E-state index contributed by atoms with van der Waals surface area (Å²) in [5, 5.41) is 2.74. The summed E-state index contributed by atoms with van der Waals surface area (Å²) in [6, 6.07) is 13.5. The van der Waals surface area contributed by atoms with Crippen molar-refractivity contribution in [1.82, 2.24) is 9.78 Å². The number of oxime groups is 1. The lowest BCUT2D eigenvalue weighted by atomic mass is 10.2. The molecule has 0 aliphatic carbocycles. The Labute approximate surface area is 199 Å². The number of benzene rings is 2. The number of nitrogens with zero attached hydrogens (tertiary/aromatic N) is 3. The van der Waals surface area contributed by atoms with Gasteiger partial charge in [-0.1, -0.05) is 35.5 Å². The Morgan fingerprint density at radius 3 is 2.20 bits per heavy atom. The second-order valence-electron chi connectivity index (χ2n) is 7.19. The molecule has 3 rings (SSSR count). The number of rotatable bonds is 9. The number of thioether (sulfide) groups is 1. The molecule has 0 unspecified atom stereocenters. The Kier molecular flexibility index (Phi) is 7.68. The third-order valence-corrected chi connectivity index (χ3v) is 5.57. The van der Waals surface area contributed by atoms with E-state index in [0.29, 0.717) is 28.5 Å². The fourth-order valence-electron chi connectivity index (χ4n) is 2.76. The van der Waals surface area contributed by atoms with E-state index in [1.54, 1.807) is 26.1 Å². The van der Waals surface area contributed by atoms with Crippen molar-refractivity contribution in [2.24, 2.45) is 12.2 Å². The molecule has 0 saturated carbocycles. The van der Waals surface area contributed by atoms with E-state index in [0.717, 1.165) is 12.1 Å². The van der Waals surface area contributed by atoms with Gasteiger partial charge in [-0.15, -0.1) is 0 Å². The average molecular weight is 521 g/mol. The number of hydrogen-bond acceptors (Lipinski definition) is 5. The molecule has 2 aromatic carbocycles. The molecule has 0 amide bonds. The van der Waals surface area contributed by atoms with Crippen molar-refractivity contribution in [3.8, 4) is 11.6 Å². The zero-order valence-electron chi connectivity index (χ0n) is 18.2. The van der Waals surface area contributed by atoms with Crippen molar-refractivity contribution in [2.45, 2.75) is 35.8 Å². The molecule has 0 bridgehead atoms. The minimum Gasteiger partial charge on any atom is -0.439 e. The van der Waals surface area contributed by atoms with Crippen LogP contribution in [0.1, 0.15) is 16.8 Å². The smallest absolute Gasteiger partial charge is 0.439 e. The van der Waals surface area contributed by atoms with E-state index in [1.807, 2.05) is 18.2 Å². The van der Waals surface area contributed by atoms with Crippen LogP contribution in [-0.2, 0) is 18.5 Å². The van der Waals surface area contributed by atoms with E-state index in [1.165, 1.54) is 23.0 Å². The number of ether oxygens (including phenoxy) is 1. The van der Waals surface area contributed by atoms with Gasteiger partial charge >= 0.3 is 17.4 Å². The van der Waals surface area contributed by atoms with E-state index in [2.05, 4.69) is 10.3 Å². The van der Waals surface area contributed by atoms with Crippen LogP contribution in [0.3, 0.4) is 0 Å². The maximum atomic E-state index is 13.5. The van der Waals surface area contributed by atoms with Crippen molar-refractivity contribution in [3.63, 3.8) is 0 Å². The standard InChI is InChI=1S/C22H18F7N3O2S/c1-14-18(19(32(2)31-14)34-16-6-4-3-5-7-16)12-30-33-13-15-8-10-17(11-9-15)35-22(28,29)20(23,24)21(25,26)27/h3-12H,13H2,1-2H3. The predicted octanol–water partition coefficient (Wildman–Crippen LogP) is 6.95. The van der Waals surface area contributed by atoms with Gasteiger partial charge in [0.25, 0.3) is 0 Å². The lowest BCUT2D eigenvalue weighted by Gasteiger charge is -2.27. The molecule has 0 aliphatic rings. The van der Waals surface area contributed by atoms with Gasteiger partial charge in [-0.2, -0.15) is 35.8 Å². The van der Waals surface area contributed by atoms with Gasteiger partial charge in [-0.3, -0.25) is 0 Å². The number of alkyl halides is 7. The minimum atomic E-state index is -6.38. The maximum Gasteiger partial charge on any atom is 0.460 e. The maximum absolute atomic E-state index is 13.5. The van der Waals surface area contributed by atoms with Gasteiger partial charge in [0.2, 0.25) is 5.88 Å². The van der Waals surface area contributed by atoms with Gasteiger partial charge in [-0.25, -0.2) is 4.68 Å². The number of aromatic nitrogens is 2. The lowest BCUT2D eigenvalue weighted by Crippen LogP contribution is -2.49. The molecule has 1 aromatic heterocycles. The van der Waals surface area contributed by atoms with Crippen molar-refractivity contribution in [1.29, 1.82) is 0 Å². The molecule has 5 nitrogen and oxygen atoms in total. The summed E-state index contributed by atoms with van der Waals surface area (Å²) in [7, 11) is 1.69. The predicted molar refractivity (Wildman–Crippen MR) is 115 cm³/mol. The van der Waals surface area contributed by atoms with Gasteiger partial charge in [0.1, 0.15) is 12.4 Å². The molecule has 13 heteroatoms. The topological polar surface area (TPSA) is 48.6 Å². The lowest BCUT2D eigenvalue weighted by molar-refractivity contribution is -0.330. The van der Waals surface area contributed by atoms with Crippen LogP contribution in [-0.4, -0.2) is 33.3 Å². The van der Waals surface area contributed by atoms with Gasteiger partial charge in [0.05, 0.1) is 17.5 Å². The molecule has 3 aromatic rings. The SMILES string of the molecule is Cc1nn(C)c(Oc2ccccc2)c1C=NOCc1ccc(SC(F)(F)C(F)(F)C(F)(F)F)cc1. The largest absolute Gasteiger partial charge is 0.460 e. The summed E-state index contributed by atoms with van der Waals surface area (Å²) in [4.78, 5) is 4.71. The Balaban J connectivity index is 1.61. The van der Waals surface area contributed by atoms with Crippen molar-refractivity contribution in [2.75, 3.05) is 0 Å². The van der Waals surface area contributed by atoms with Gasteiger partial charge < -0.3 is 9.57 Å².